The van der Waals surface area contributed by atoms with Gasteiger partial charge in [-0.25, -0.2) is 0 Å². The van der Waals surface area contributed by atoms with Gasteiger partial charge in [0.2, 0.25) is 0 Å². The number of likely N-dealkylation sites (tertiary alicyclic amines) is 1. The van der Waals surface area contributed by atoms with Crippen molar-refractivity contribution in [1.82, 2.24) is 4.90 Å². The Morgan fingerprint density at radius 2 is 1.93 bits per heavy atom. The van der Waals surface area contributed by atoms with E-state index in [-0.39, 0.29) is 29.6 Å². The quantitative estimate of drug-likeness (QED) is 0.456. The van der Waals surface area contributed by atoms with Crippen molar-refractivity contribution < 1.29 is 29.6 Å². The van der Waals surface area contributed by atoms with Gasteiger partial charge in [0.15, 0.2) is 0 Å². The Morgan fingerprint density at radius 1 is 1.14 bits per heavy atom. The minimum Gasteiger partial charge on any atom is -0.328 e. The summed E-state index contributed by atoms with van der Waals surface area (Å²) in [5.74, 6) is 1.03. The topological polar surface area (TPSA) is 3.24 Å². The average Bonchev–Trinajstić information content (AvgIpc) is 2.69. The van der Waals surface area contributed by atoms with Crippen LogP contribution in [0.4, 0.5) is 0 Å². The summed E-state index contributed by atoms with van der Waals surface area (Å²) in [6.45, 7) is 4.12. The molecule has 76 valence electrons. The zero-order chi connectivity index (χ0) is 8.93. The number of piperidine rings is 1. The van der Waals surface area contributed by atoms with E-state index in [1.165, 1.54) is 64.6 Å². The third-order valence-corrected chi connectivity index (χ3v) is 3.58. The van der Waals surface area contributed by atoms with Crippen molar-refractivity contribution in [2.75, 3.05) is 19.6 Å². The van der Waals surface area contributed by atoms with Crippen LogP contribution in [0.25, 0.3) is 0 Å². The molecule has 0 amide bonds. The first-order chi connectivity index (χ1) is 6.45. The predicted octanol–water partition coefficient (Wildman–Crippen LogP) is -0.129. The van der Waals surface area contributed by atoms with Gasteiger partial charge in [-0.3, -0.25) is 0 Å². The van der Waals surface area contributed by atoms with E-state index in [4.69, 9.17) is 0 Å². The zero-order valence-electron chi connectivity index (χ0n) is 9.67. The summed E-state index contributed by atoms with van der Waals surface area (Å²) in [7, 11) is 0. The first-order valence-electron chi connectivity index (χ1n) is 5.99. The second-order valence-electron chi connectivity index (χ2n) is 4.66. The minimum atomic E-state index is 0. The molecule has 0 aromatic rings. The molecule has 1 atom stereocenters. The molecule has 2 heteroatoms. The van der Waals surface area contributed by atoms with Crippen LogP contribution in [-0.4, -0.2) is 24.5 Å². The van der Waals surface area contributed by atoms with Gasteiger partial charge < -0.3 is 11.3 Å². The van der Waals surface area contributed by atoms with Crippen LogP contribution in [0.2, 0.25) is 0 Å². The molecular formula is C12H22NNa. The molecule has 1 unspecified atom stereocenters. The third kappa shape index (κ3) is 4.22. The molecule has 2 aliphatic rings. The molecule has 0 aromatic carbocycles. The molecule has 2 rings (SSSR count). The molecule has 0 N–H and O–H groups in total. The predicted molar refractivity (Wildman–Crippen MR) is 56.5 cm³/mol. The fraction of sp³-hybridized carbons (Fsp3) is 0.917. The number of rotatable bonds is 3. The summed E-state index contributed by atoms with van der Waals surface area (Å²) in [6, 6.07) is 0. The maximum Gasteiger partial charge on any atom is 1.00 e. The van der Waals surface area contributed by atoms with E-state index in [0.29, 0.717) is 0 Å². The second-order valence-corrected chi connectivity index (χ2v) is 4.66. The Bertz CT molecular complexity index is 137. The molecule has 1 saturated carbocycles. The van der Waals surface area contributed by atoms with Crippen LogP contribution in [0.3, 0.4) is 0 Å². The summed E-state index contributed by atoms with van der Waals surface area (Å²) in [4.78, 5) is 2.67. The molecule has 1 nitrogen and oxygen atoms in total. The molecule has 0 bridgehead atoms. The molecule has 1 heterocycles. The van der Waals surface area contributed by atoms with Gasteiger partial charge in [0, 0.05) is 0 Å². The summed E-state index contributed by atoms with van der Waals surface area (Å²) in [6.07, 6.45) is 12.5. The largest absolute Gasteiger partial charge is 1.00 e. The van der Waals surface area contributed by atoms with E-state index < -0.39 is 0 Å². The molecule has 14 heavy (non-hydrogen) atoms. The van der Waals surface area contributed by atoms with Crippen LogP contribution in [-0.2, 0) is 0 Å². The molecule has 2 fully saturated rings. The Balaban J connectivity index is 0.000000980. The van der Waals surface area contributed by atoms with Crippen LogP contribution in [0.1, 0.15) is 44.9 Å². The fourth-order valence-electron chi connectivity index (χ4n) is 2.64. The normalized spacial score (nSPS) is 28.7. The van der Waals surface area contributed by atoms with Crippen molar-refractivity contribution >= 4 is 0 Å². The summed E-state index contributed by atoms with van der Waals surface area (Å²) >= 11 is 0. The third-order valence-electron chi connectivity index (χ3n) is 3.58. The van der Waals surface area contributed by atoms with Gasteiger partial charge in [0.25, 0.3) is 0 Å². The monoisotopic (exact) mass is 203 g/mol. The van der Waals surface area contributed by atoms with Crippen LogP contribution in [0.15, 0.2) is 0 Å². The van der Waals surface area contributed by atoms with E-state index in [2.05, 4.69) is 11.3 Å². The van der Waals surface area contributed by atoms with Crippen LogP contribution < -0.4 is 29.6 Å². The van der Waals surface area contributed by atoms with Gasteiger partial charge in [0.1, 0.15) is 0 Å². The second kappa shape index (κ2) is 7.27. The number of hydrogen-bond donors (Lipinski definition) is 0. The smallest absolute Gasteiger partial charge is 0.328 e. The Labute approximate surface area is 111 Å². The van der Waals surface area contributed by atoms with E-state index in [1.54, 1.807) is 0 Å². The molecule has 1 saturated heterocycles. The van der Waals surface area contributed by atoms with E-state index in [9.17, 15) is 0 Å². The molecule has 0 aromatic heterocycles. The van der Waals surface area contributed by atoms with Crippen molar-refractivity contribution in [2.45, 2.75) is 44.9 Å². The summed E-state index contributed by atoms with van der Waals surface area (Å²) in [5.41, 5.74) is 0. The first-order valence-corrected chi connectivity index (χ1v) is 5.99. The van der Waals surface area contributed by atoms with Crippen LogP contribution in [0, 0.1) is 12.3 Å². The fourth-order valence-corrected chi connectivity index (χ4v) is 2.64. The maximum absolute atomic E-state index is 2.67. The van der Waals surface area contributed by atoms with Crippen molar-refractivity contribution in [3.05, 3.63) is 6.42 Å². The van der Waals surface area contributed by atoms with E-state index in [1.807, 2.05) is 0 Å². The van der Waals surface area contributed by atoms with Crippen molar-refractivity contribution in [3.8, 4) is 0 Å². The maximum atomic E-state index is 2.67. The number of hydrogen-bond acceptors (Lipinski definition) is 1. The van der Waals surface area contributed by atoms with Crippen molar-refractivity contribution in [2.24, 2.45) is 5.92 Å². The van der Waals surface area contributed by atoms with Crippen LogP contribution >= 0.6 is 0 Å². The van der Waals surface area contributed by atoms with Gasteiger partial charge in [0.05, 0.1) is 0 Å². The standard InChI is InChI=1S/C12H22N.Na/c1-4-9-13(10-5-1)11-8-12-6-2-3-7-12;/h2,12H,1,3-11H2;/q-1;+1. The van der Waals surface area contributed by atoms with Crippen molar-refractivity contribution in [3.63, 3.8) is 0 Å². The van der Waals surface area contributed by atoms with Gasteiger partial charge in [-0.1, -0.05) is 18.8 Å². The minimum absolute atomic E-state index is 0. The van der Waals surface area contributed by atoms with Gasteiger partial charge in [-0.2, -0.15) is 12.8 Å². The van der Waals surface area contributed by atoms with E-state index in [0.717, 1.165) is 5.92 Å². The van der Waals surface area contributed by atoms with Gasteiger partial charge in [-0.05, 0) is 38.9 Å². The zero-order valence-corrected chi connectivity index (χ0v) is 11.7. The van der Waals surface area contributed by atoms with Crippen molar-refractivity contribution in [1.29, 1.82) is 0 Å². The Kier molecular flexibility index (Phi) is 6.76. The van der Waals surface area contributed by atoms with Crippen LogP contribution in [0.5, 0.6) is 0 Å². The average molecular weight is 203 g/mol. The Morgan fingerprint density at radius 3 is 2.57 bits per heavy atom. The van der Waals surface area contributed by atoms with Gasteiger partial charge >= 0.3 is 29.6 Å². The molecule has 1 aliphatic heterocycles. The van der Waals surface area contributed by atoms with Gasteiger partial charge in [-0.15, -0.1) is 0 Å². The van der Waals surface area contributed by atoms with E-state index >= 15 is 0 Å². The Hall–Kier alpha value is 0.960. The summed E-state index contributed by atoms with van der Waals surface area (Å²) in [5, 5.41) is 0. The summed E-state index contributed by atoms with van der Waals surface area (Å²) < 4.78 is 0. The SMILES string of the molecule is [CH-]1CCC(CCN2CCCCC2)C1.[Na+]. The molecule has 1 aliphatic carbocycles. The molecule has 0 radical (unpaired) electrons. The number of nitrogens with zero attached hydrogens (tertiary/aromatic N) is 1. The molecule has 0 spiro atoms. The molecular weight excluding hydrogens is 181 g/mol. The first kappa shape index (κ1) is 13.0.